The van der Waals surface area contributed by atoms with E-state index in [1.165, 1.54) is 0 Å². The van der Waals surface area contributed by atoms with Gasteiger partial charge in [0.25, 0.3) is 0 Å². The van der Waals surface area contributed by atoms with Crippen molar-refractivity contribution in [2.75, 3.05) is 13.3 Å². The number of hydrogen-bond donors (Lipinski definition) is 0. The van der Waals surface area contributed by atoms with Crippen LogP contribution in [0.15, 0.2) is 0 Å². The minimum Gasteiger partial charge on any atom is -0.400 e. The van der Waals surface area contributed by atoms with Gasteiger partial charge in [-0.15, -0.1) is 0 Å². The van der Waals surface area contributed by atoms with Crippen LogP contribution < -0.4 is 0 Å². The third-order valence-electron chi connectivity index (χ3n) is 1.12. The van der Waals surface area contributed by atoms with Crippen LogP contribution in [-0.2, 0) is 9.47 Å². The maximum atomic E-state index is 12.3. The Labute approximate surface area is 78.0 Å². The lowest BCUT2D eigenvalue weighted by Crippen LogP contribution is -2.20. The van der Waals surface area contributed by atoms with E-state index in [1.54, 1.807) is 0 Å². The second kappa shape index (κ2) is 7.40. The molecule has 0 aliphatic heterocycles. The Kier molecular flexibility index (Phi) is 6.87. The molecule has 0 aromatic rings. The van der Waals surface area contributed by atoms with Gasteiger partial charge in [-0.25, -0.2) is 13.6 Å². The largest absolute Gasteiger partial charge is 0.513 e. The summed E-state index contributed by atoms with van der Waals surface area (Å²) < 4.78 is 55.2. The van der Waals surface area contributed by atoms with Gasteiger partial charge in [0.1, 0.15) is 0 Å². The quantitative estimate of drug-likeness (QED) is 0.507. The van der Waals surface area contributed by atoms with Gasteiger partial charge in [-0.2, -0.15) is 0 Å². The second-order valence-electron chi connectivity index (χ2n) is 2.26. The molecule has 0 N–H and O–H groups in total. The zero-order valence-electron chi connectivity index (χ0n) is 7.22. The first-order chi connectivity index (χ1) is 6.60. The Morgan fingerprint density at radius 2 is 1.36 bits per heavy atom. The number of carbonyl (C=O) groups is 1. The Bertz CT molecular complexity index is 151. The molecule has 0 radical (unpaired) electrons. The summed E-state index contributed by atoms with van der Waals surface area (Å²) in [5, 5.41) is 0. The van der Waals surface area contributed by atoms with Crippen molar-refractivity contribution >= 4 is 6.16 Å². The van der Waals surface area contributed by atoms with E-state index in [0.717, 1.165) is 0 Å². The van der Waals surface area contributed by atoms with Crippen LogP contribution in [0.1, 0.15) is 12.8 Å². The van der Waals surface area contributed by atoms with E-state index in [0.29, 0.717) is 0 Å². The Morgan fingerprint density at radius 3 is 1.64 bits per heavy atom. The van der Waals surface area contributed by atoms with Crippen LogP contribution in [0, 0.1) is 0 Å². The highest BCUT2D eigenvalue weighted by atomic mass is 19.2. The van der Waals surface area contributed by atoms with Crippen LogP contribution in [0.4, 0.5) is 22.4 Å². The zero-order chi connectivity index (χ0) is 11.0. The van der Waals surface area contributed by atoms with Gasteiger partial charge in [-0.1, -0.05) is 0 Å². The van der Waals surface area contributed by atoms with Crippen molar-refractivity contribution in [3.05, 3.63) is 0 Å². The van der Waals surface area contributed by atoms with Crippen molar-refractivity contribution < 1.29 is 31.8 Å². The van der Waals surface area contributed by atoms with Gasteiger partial charge < -0.3 is 9.47 Å². The van der Waals surface area contributed by atoms with Crippen LogP contribution >= 0.6 is 0 Å². The van der Waals surface area contributed by atoms with Gasteiger partial charge in [0.2, 0.25) is 12.7 Å². The first kappa shape index (κ1) is 13.0. The molecule has 0 aliphatic rings. The summed E-state index contributed by atoms with van der Waals surface area (Å²) in [5.74, 6) is 0. The maximum absolute atomic E-state index is 12.3. The summed E-state index contributed by atoms with van der Waals surface area (Å²) in [4.78, 5) is 10.4. The molecule has 2 atom stereocenters. The van der Waals surface area contributed by atoms with Crippen molar-refractivity contribution in [2.45, 2.75) is 25.6 Å². The van der Waals surface area contributed by atoms with E-state index in [2.05, 4.69) is 9.47 Å². The van der Waals surface area contributed by atoms with Crippen molar-refractivity contribution in [1.82, 2.24) is 0 Å². The van der Waals surface area contributed by atoms with Gasteiger partial charge in [-0.3, -0.25) is 8.78 Å². The van der Waals surface area contributed by atoms with Crippen molar-refractivity contribution in [3.8, 4) is 0 Å². The summed E-state index contributed by atoms with van der Waals surface area (Å²) in [6, 6.07) is 0. The SMILES string of the molecule is O=C(OC(F)CCF)OC(F)CCF. The summed E-state index contributed by atoms with van der Waals surface area (Å²) in [6.45, 7) is -2.03. The minimum absolute atomic E-state index is 0.644. The molecule has 7 heteroatoms. The Morgan fingerprint density at radius 1 is 1.00 bits per heavy atom. The predicted molar refractivity (Wildman–Crippen MR) is 38.5 cm³/mol. The second-order valence-corrected chi connectivity index (χ2v) is 2.26. The monoisotopic (exact) mass is 218 g/mol. The standard InChI is InChI=1S/C7H10F4O3/c8-3-1-5(10)13-7(12)14-6(11)2-4-9/h5-6H,1-4H2. The average molecular weight is 218 g/mol. The fraction of sp³-hybridized carbons (Fsp3) is 0.857. The van der Waals surface area contributed by atoms with Crippen LogP contribution in [0.25, 0.3) is 0 Å². The molecule has 0 saturated carbocycles. The molecule has 3 nitrogen and oxygen atoms in total. The molecular weight excluding hydrogens is 208 g/mol. The van der Waals surface area contributed by atoms with Gasteiger partial charge in [0, 0.05) is 12.8 Å². The molecule has 2 unspecified atom stereocenters. The molecule has 0 aromatic heterocycles. The molecule has 0 amide bonds. The van der Waals surface area contributed by atoms with Gasteiger partial charge in [-0.05, 0) is 0 Å². The lowest BCUT2D eigenvalue weighted by molar-refractivity contribution is -0.0796. The lowest BCUT2D eigenvalue weighted by atomic mass is 10.5. The Balaban J connectivity index is 3.63. The van der Waals surface area contributed by atoms with Crippen LogP contribution in [0.3, 0.4) is 0 Å². The molecule has 0 fully saturated rings. The highest BCUT2D eigenvalue weighted by molar-refractivity contribution is 5.60. The molecule has 0 spiro atoms. The highest BCUT2D eigenvalue weighted by Gasteiger charge is 2.18. The highest BCUT2D eigenvalue weighted by Crippen LogP contribution is 2.07. The van der Waals surface area contributed by atoms with Gasteiger partial charge in [0.05, 0.1) is 13.3 Å². The molecule has 0 aromatic carbocycles. The van der Waals surface area contributed by atoms with Crippen LogP contribution in [0.2, 0.25) is 0 Å². The molecule has 0 bridgehead atoms. The number of rotatable bonds is 6. The maximum Gasteiger partial charge on any atom is 0.513 e. The summed E-state index contributed by atoms with van der Waals surface area (Å²) in [5.41, 5.74) is 0. The number of ether oxygens (including phenoxy) is 2. The van der Waals surface area contributed by atoms with E-state index >= 15 is 0 Å². The first-order valence-electron chi connectivity index (χ1n) is 3.87. The van der Waals surface area contributed by atoms with Crippen molar-refractivity contribution in [1.29, 1.82) is 0 Å². The summed E-state index contributed by atoms with van der Waals surface area (Å²) in [6.07, 6.45) is -7.26. The van der Waals surface area contributed by atoms with Crippen molar-refractivity contribution in [2.24, 2.45) is 0 Å². The fourth-order valence-corrected chi connectivity index (χ4v) is 0.526. The molecule has 0 rings (SSSR count). The van der Waals surface area contributed by atoms with E-state index in [9.17, 15) is 22.4 Å². The minimum atomic E-state index is -2.18. The topological polar surface area (TPSA) is 35.5 Å². The van der Waals surface area contributed by atoms with E-state index in [4.69, 9.17) is 0 Å². The number of hydrogen-bond acceptors (Lipinski definition) is 3. The normalized spacial score (nSPS) is 14.6. The molecule has 0 heterocycles. The smallest absolute Gasteiger partial charge is 0.400 e. The average Bonchev–Trinajstić information content (AvgIpc) is 2.03. The van der Waals surface area contributed by atoms with Crippen molar-refractivity contribution in [3.63, 3.8) is 0 Å². The molecule has 0 saturated heterocycles. The molecule has 0 aliphatic carbocycles. The van der Waals surface area contributed by atoms with Gasteiger partial charge >= 0.3 is 6.16 Å². The molecule has 84 valence electrons. The fourth-order valence-electron chi connectivity index (χ4n) is 0.526. The third kappa shape index (κ3) is 6.50. The van der Waals surface area contributed by atoms with E-state index in [-0.39, 0.29) is 0 Å². The third-order valence-corrected chi connectivity index (χ3v) is 1.12. The van der Waals surface area contributed by atoms with E-state index < -0.39 is 45.1 Å². The predicted octanol–water partition coefficient (Wildman–Crippen LogP) is 2.45. The first-order valence-corrected chi connectivity index (χ1v) is 3.87. The number of alkyl halides is 4. The molecule has 14 heavy (non-hydrogen) atoms. The number of carbonyl (C=O) groups excluding carboxylic acids is 1. The lowest BCUT2D eigenvalue weighted by Gasteiger charge is -2.10. The summed E-state index contributed by atoms with van der Waals surface area (Å²) in [7, 11) is 0. The summed E-state index contributed by atoms with van der Waals surface area (Å²) >= 11 is 0. The van der Waals surface area contributed by atoms with Crippen LogP contribution in [0.5, 0.6) is 0 Å². The van der Waals surface area contributed by atoms with E-state index in [1.807, 2.05) is 0 Å². The Hall–Kier alpha value is -1.01. The zero-order valence-corrected chi connectivity index (χ0v) is 7.22. The van der Waals surface area contributed by atoms with Crippen LogP contribution in [-0.4, -0.2) is 32.2 Å². The number of halogens is 4. The molecular formula is C7H10F4O3. The van der Waals surface area contributed by atoms with Gasteiger partial charge in [0.15, 0.2) is 0 Å².